The second kappa shape index (κ2) is 8.42. The Morgan fingerprint density at radius 2 is 1.63 bits per heavy atom. The molecule has 3 aromatic rings. The first-order chi connectivity index (χ1) is 17.2. The van der Waals surface area contributed by atoms with Crippen LogP contribution in [0.15, 0.2) is 66.7 Å². The van der Waals surface area contributed by atoms with Crippen LogP contribution in [-0.2, 0) is 17.6 Å². The van der Waals surface area contributed by atoms with E-state index in [9.17, 15) is 4.79 Å². The number of carbonyl (C=O) groups is 1. The number of rotatable bonds is 6. The summed E-state index contributed by atoms with van der Waals surface area (Å²) in [6.45, 7) is 5.01. The van der Waals surface area contributed by atoms with E-state index in [1.165, 1.54) is 11.1 Å². The van der Waals surface area contributed by atoms with Gasteiger partial charge in [0.15, 0.2) is 0 Å². The zero-order valence-corrected chi connectivity index (χ0v) is 19.8. The van der Waals surface area contributed by atoms with Crippen LogP contribution in [0.4, 0.5) is 0 Å². The molecule has 3 aliphatic heterocycles. The summed E-state index contributed by atoms with van der Waals surface area (Å²) in [5.74, 6) is 4.43. The summed E-state index contributed by atoms with van der Waals surface area (Å²) >= 11 is 0. The van der Waals surface area contributed by atoms with Gasteiger partial charge in [0.25, 0.3) is 0 Å². The highest BCUT2D eigenvalue weighted by Crippen LogP contribution is 2.51. The Morgan fingerprint density at radius 3 is 2.37 bits per heavy atom. The van der Waals surface area contributed by atoms with Gasteiger partial charge in [0.05, 0.1) is 12.5 Å². The summed E-state index contributed by atoms with van der Waals surface area (Å²) in [7, 11) is 0. The van der Waals surface area contributed by atoms with E-state index in [1.807, 2.05) is 48.5 Å². The summed E-state index contributed by atoms with van der Waals surface area (Å²) in [4.78, 5) is 16.0. The quantitative estimate of drug-likeness (QED) is 0.585. The van der Waals surface area contributed by atoms with Crippen molar-refractivity contribution >= 4 is 5.91 Å². The molecule has 5 nitrogen and oxygen atoms in total. The van der Waals surface area contributed by atoms with E-state index >= 15 is 0 Å². The van der Waals surface area contributed by atoms with E-state index in [1.54, 1.807) is 0 Å². The lowest BCUT2D eigenvalue weighted by atomic mass is 9.87. The minimum atomic E-state index is -0.316. The Morgan fingerprint density at radius 1 is 0.914 bits per heavy atom. The third-order valence-electron chi connectivity index (χ3n) is 8.37. The van der Waals surface area contributed by atoms with Gasteiger partial charge in [-0.3, -0.25) is 4.79 Å². The molecule has 1 amide bonds. The first-order valence-electron chi connectivity index (χ1n) is 12.8. The number of amides is 1. The molecule has 7 rings (SSSR count). The molecule has 35 heavy (non-hydrogen) atoms. The molecule has 5 heteroatoms. The largest absolute Gasteiger partial charge is 0.493 e. The van der Waals surface area contributed by atoms with Crippen LogP contribution < -0.4 is 14.8 Å². The van der Waals surface area contributed by atoms with Gasteiger partial charge in [0, 0.05) is 43.7 Å². The van der Waals surface area contributed by atoms with E-state index in [2.05, 4.69) is 28.4 Å². The van der Waals surface area contributed by atoms with Crippen molar-refractivity contribution in [3.8, 4) is 17.2 Å². The SMILES string of the molecule is O=C(NCC1C2CN(CCc3ccc4c(c3)CCO4)C[C@H]12)C1c2ccccc2Oc2ccccc21. The second-order valence-corrected chi connectivity index (χ2v) is 10.4. The van der Waals surface area contributed by atoms with E-state index < -0.39 is 0 Å². The van der Waals surface area contributed by atoms with Crippen molar-refractivity contribution in [1.29, 1.82) is 0 Å². The van der Waals surface area contributed by atoms with Gasteiger partial charge in [-0.1, -0.05) is 48.5 Å². The van der Waals surface area contributed by atoms with Gasteiger partial charge < -0.3 is 19.7 Å². The predicted molar refractivity (Wildman–Crippen MR) is 134 cm³/mol. The van der Waals surface area contributed by atoms with Gasteiger partial charge in [-0.15, -0.1) is 0 Å². The highest BCUT2D eigenvalue weighted by molar-refractivity contribution is 5.89. The minimum Gasteiger partial charge on any atom is -0.493 e. The molecule has 4 aliphatic rings. The first kappa shape index (κ1) is 21.0. The van der Waals surface area contributed by atoms with Gasteiger partial charge in [0.1, 0.15) is 17.2 Å². The predicted octanol–water partition coefficient (Wildman–Crippen LogP) is 4.40. The lowest BCUT2D eigenvalue weighted by Crippen LogP contribution is -2.35. The van der Waals surface area contributed by atoms with Crippen LogP contribution in [0, 0.1) is 17.8 Å². The molecule has 3 atom stereocenters. The van der Waals surface area contributed by atoms with E-state index in [0.29, 0.717) is 5.92 Å². The Hall–Kier alpha value is -3.31. The number of nitrogens with zero attached hydrogens (tertiary/aromatic N) is 1. The van der Waals surface area contributed by atoms with Gasteiger partial charge in [0.2, 0.25) is 5.91 Å². The van der Waals surface area contributed by atoms with Crippen LogP contribution in [0.1, 0.15) is 28.2 Å². The van der Waals surface area contributed by atoms with Crippen LogP contribution in [0.2, 0.25) is 0 Å². The van der Waals surface area contributed by atoms with Crippen LogP contribution in [0.5, 0.6) is 17.2 Å². The third-order valence-corrected chi connectivity index (χ3v) is 8.37. The summed E-state index contributed by atoms with van der Waals surface area (Å²) in [5, 5.41) is 3.30. The number of nitrogens with one attached hydrogen (secondary N) is 1. The van der Waals surface area contributed by atoms with E-state index in [0.717, 1.165) is 85.8 Å². The van der Waals surface area contributed by atoms with E-state index in [-0.39, 0.29) is 11.8 Å². The van der Waals surface area contributed by atoms with Crippen LogP contribution in [-0.4, -0.2) is 43.6 Å². The fraction of sp³-hybridized carbons (Fsp3) is 0.367. The molecule has 1 saturated heterocycles. The number of piperidine rings is 1. The molecule has 178 valence electrons. The van der Waals surface area contributed by atoms with Gasteiger partial charge in [-0.2, -0.15) is 0 Å². The zero-order chi connectivity index (χ0) is 23.4. The van der Waals surface area contributed by atoms with Gasteiger partial charge >= 0.3 is 0 Å². The number of likely N-dealkylation sites (tertiary alicyclic amines) is 1. The summed E-state index contributed by atoms with van der Waals surface area (Å²) in [6.07, 6.45) is 2.13. The Balaban J connectivity index is 0.939. The maximum Gasteiger partial charge on any atom is 0.232 e. The number of hydrogen-bond acceptors (Lipinski definition) is 4. The summed E-state index contributed by atoms with van der Waals surface area (Å²) in [5.41, 5.74) is 4.67. The normalized spacial score (nSPS) is 23.9. The molecular weight excluding hydrogens is 436 g/mol. The molecule has 1 saturated carbocycles. The van der Waals surface area contributed by atoms with Crippen LogP contribution >= 0.6 is 0 Å². The number of hydrogen-bond donors (Lipinski definition) is 1. The minimum absolute atomic E-state index is 0.0793. The summed E-state index contributed by atoms with van der Waals surface area (Å²) < 4.78 is 11.7. The topological polar surface area (TPSA) is 50.8 Å². The highest BCUT2D eigenvalue weighted by atomic mass is 16.5. The average molecular weight is 467 g/mol. The molecule has 0 bridgehead atoms. The van der Waals surface area contributed by atoms with Crippen molar-refractivity contribution in [1.82, 2.24) is 10.2 Å². The van der Waals surface area contributed by atoms with Gasteiger partial charge in [-0.05, 0) is 53.5 Å². The first-order valence-corrected chi connectivity index (χ1v) is 12.8. The van der Waals surface area contributed by atoms with Crippen molar-refractivity contribution < 1.29 is 14.3 Å². The maximum absolute atomic E-state index is 13.4. The Kier molecular flexibility index (Phi) is 5.05. The Labute approximate surface area is 206 Å². The Bertz CT molecular complexity index is 1230. The average Bonchev–Trinajstić information content (AvgIpc) is 3.21. The van der Waals surface area contributed by atoms with Crippen molar-refractivity contribution in [3.63, 3.8) is 0 Å². The number of fused-ring (bicyclic) bond motifs is 4. The molecule has 0 aromatic heterocycles. The molecule has 2 fully saturated rings. The molecule has 0 spiro atoms. The third kappa shape index (κ3) is 3.79. The molecule has 3 heterocycles. The number of ether oxygens (including phenoxy) is 2. The van der Waals surface area contributed by atoms with E-state index in [4.69, 9.17) is 9.47 Å². The lowest BCUT2D eigenvalue weighted by molar-refractivity contribution is -0.121. The second-order valence-electron chi connectivity index (χ2n) is 10.4. The number of carbonyl (C=O) groups excluding carboxylic acids is 1. The summed E-state index contributed by atoms with van der Waals surface area (Å²) in [6, 6.07) is 22.4. The number of para-hydroxylation sites is 2. The fourth-order valence-electron chi connectivity index (χ4n) is 6.42. The van der Waals surface area contributed by atoms with Crippen LogP contribution in [0.3, 0.4) is 0 Å². The smallest absolute Gasteiger partial charge is 0.232 e. The molecule has 0 radical (unpaired) electrons. The molecular formula is C30H30N2O3. The highest BCUT2D eigenvalue weighted by Gasteiger charge is 2.55. The molecule has 2 unspecified atom stereocenters. The molecule has 1 aliphatic carbocycles. The zero-order valence-electron chi connectivity index (χ0n) is 19.8. The van der Waals surface area contributed by atoms with Crippen LogP contribution in [0.25, 0.3) is 0 Å². The number of benzene rings is 3. The fourth-order valence-corrected chi connectivity index (χ4v) is 6.42. The lowest BCUT2D eigenvalue weighted by Gasteiger charge is -2.27. The van der Waals surface area contributed by atoms with Crippen molar-refractivity contribution in [2.45, 2.75) is 18.8 Å². The van der Waals surface area contributed by atoms with Crippen molar-refractivity contribution in [2.75, 3.05) is 32.8 Å². The van der Waals surface area contributed by atoms with Crippen molar-refractivity contribution in [3.05, 3.63) is 89.0 Å². The maximum atomic E-state index is 13.4. The standard InChI is InChI=1S/C30H30N2O3/c33-30(29-21-5-1-3-7-27(21)35-28-8-4-2-6-22(28)29)31-16-23-24-17-32(18-25(23)24)13-11-19-9-10-26-20(15-19)12-14-34-26/h1-10,15,23-25,29H,11-14,16-18H2,(H,31,33)/t23?,24-,25?/m1/s1. The molecule has 3 aromatic carbocycles. The molecule has 1 N–H and O–H groups in total. The van der Waals surface area contributed by atoms with Gasteiger partial charge in [-0.25, -0.2) is 0 Å². The van der Waals surface area contributed by atoms with Crippen molar-refractivity contribution in [2.24, 2.45) is 17.8 Å². The monoisotopic (exact) mass is 466 g/mol.